The van der Waals surface area contributed by atoms with Gasteiger partial charge in [0.2, 0.25) is 23.6 Å². The van der Waals surface area contributed by atoms with Crippen molar-refractivity contribution in [2.75, 3.05) is 0 Å². The lowest BCUT2D eigenvalue weighted by molar-refractivity contribution is -0.144. The highest BCUT2D eigenvalue weighted by atomic mass is 16.4. The Morgan fingerprint density at radius 1 is 0.767 bits per heavy atom. The zero-order chi connectivity index (χ0) is 23.6. The summed E-state index contributed by atoms with van der Waals surface area (Å²) in [6.07, 6.45) is -1.42. The maximum Gasteiger partial charge on any atom is 0.326 e. The zero-order valence-corrected chi connectivity index (χ0v) is 17.0. The predicted molar refractivity (Wildman–Crippen MR) is 103 cm³/mol. The average Bonchev–Trinajstić information content (AvgIpc) is 2.58. The van der Waals surface area contributed by atoms with Gasteiger partial charge in [0.15, 0.2) is 0 Å². The third-order valence-electron chi connectivity index (χ3n) is 3.79. The third kappa shape index (κ3) is 10.4. The first-order valence-corrected chi connectivity index (χ1v) is 9.14. The molecule has 0 rings (SSSR count). The van der Waals surface area contributed by atoms with E-state index in [0.717, 1.165) is 0 Å². The van der Waals surface area contributed by atoms with Gasteiger partial charge in [-0.15, -0.1) is 0 Å². The monoisotopic (exact) mass is 431 g/mol. The van der Waals surface area contributed by atoms with Gasteiger partial charge in [-0.2, -0.15) is 0 Å². The van der Waals surface area contributed by atoms with Gasteiger partial charge in [-0.3, -0.25) is 24.0 Å². The van der Waals surface area contributed by atoms with Gasteiger partial charge in [0, 0.05) is 0 Å². The largest absolute Gasteiger partial charge is 0.481 e. The summed E-state index contributed by atoms with van der Waals surface area (Å²) in [5, 5.41) is 24.7. The lowest BCUT2D eigenvalue weighted by Gasteiger charge is -2.24. The van der Waals surface area contributed by atoms with Crippen LogP contribution in [0.25, 0.3) is 0 Å². The van der Waals surface area contributed by atoms with E-state index in [0.29, 0.717) is 0 Å². The molecule has 0 radical (unpaired) electrons. The number of carboxylic acid groups (broad SMARTS) is 2. The fraction of sp³-hybridized carbons (Fsp3) is 0.647. The lowest BCUT2D eigenvalue weighted by atomic mass is 10.0. The molecular formula is C17H29N5O8. The van der Waals surface area contributed by atoms with Crippen LogP contribution in [0.2, 0.25) is 0 Å². The summed E-state index contributed by atoms with van der Waals surface area (Å²) >= 11 is 0. The highest BCUT2D eigenvalue weighted by Crippen LogP contribution is 2.06. The van der Waals surface area contributed by atoms with Crippen LogP contribution in [0.1, 0.15) is 40.0 Å². The quantitative estimate of drug-likeness (QED) is 0.160. The van der Waals surface area contributed by atoms with Crippen molar-refractivity contribution in [2.45, 2.75) is 64.2 Å². The maximum absolute atomic E-state index is 12.5. The lowest BCUT2D eigenvalue weighted by Crippen LogP contribution is -2.58. The van der Waals surface area contributed by atoms with Gasteiger partial charge in [0.1, 0.15) is 18.1 Å². The van der Waals surface area contributed by atoms with Crippen molar-refractivity contribution in [2.24, 2.45) is 17.4 Å². The van der Waals surface area contributed by atoms with Gasteiger partial charge in [-0.25, -0.2) is 4.79 Å². The molecule has 0 bridgehead atoms. The summed E-state index contributed by atoms with van der Waals surface area (Å²) in [6.45, 7) is 4.79. The van der Waals surface area contributed by atoms with Crippen LogP contribution in [-0.2, 0) is 28.8 Å². The van der Waals surface area contributed by atoms with Gasteiger partial charge >= 0.3 is 11.9 Å². The second kappa shape index (κ2) is 12.4. The number of nitrogens with one attached hydrogen (secondary N) is 3. The molecule has 0 heterocycles. The molecule has 0 fully saturated rings. The number of aliphatic carboxylic acids is 2. The highest BCUT2D eigenvalue weighted by molar-refractivity contribution is 5.97. The topological polar surface area (TPSA) is 231 Å². The molecule has 4 atom stereocenters. The first-order valence-electron chi connectivity index (χ1n) is 9.14. The van der Waals surface area contributed by atoms with Gasteiger partial charge in [0.25, 0.3) is 0 Å². The van der Waals surface area contributed by atoms with E-state index in [4.69, 9.17) is 16.6 Å². The Kier molecular flexibility index (Phi) is 11.0. The number of hydrogen-bond donors (Lipinski definition) is 7. The molecule has 30 heavy (non-hydrogen) atoms. The van der Waals surface area contributed by atoms with Crippen LogP contribution in [0.15, 0.2) is 0 Å². The molecule has 4 unspecified atom stereocenters. The van der Waals surface area contributed by atoms with Crippen molar-refractivity contribution in [3.8, 4) is 0 Å². The molecule has 0 aromatic rings. The van der Waals surface area contributed by atoms with Crippen molar-refractivity contribution >= 4 is 35.6 Å². The summed E-state index contributed by atoms with van der Waals surface area (Å²) < 4.78 is 0. The molecule has 170 valence electrons. The fourth-order valence-corrected chi connectivity index (χ4v) is 2.34. The number of carboxylic acids is 2. The van der Waals surface area contributed by atoms with E-state index >= 15 is 0 Å². The van der Waals surface area contributed by atoms with Crippen LogP contribution in [0.5, 0.6) is 0 Å². The summed E-state index contributed by atoms with van der Waals surface area (Å²) in [7, 11) is 0. The molecule has 4 amide bonds. The Hall–Kier alpha value is -3.22. The first kappa shape index (κ1) is 26.8. The minimum absolute atomic E-state index is 0.0730. The molecular weight excluding hydrogens is 402 g/mol. The summed E-state index contributed by atoms with van der Waals surface area (Å²) in [5.41, 5.74) is 10.5. The molecule has 0 aromatic carbocycles. The van der Waals surface area contributed by atoms with Gasteiger partial charge in [-0.05, 0) is 19.3 Å². The number of carbonyl (C=O) groups excluding carboxylic acids is 4. The number of hydrogen-bond acceptors (Lipinski definition) is 7. The van der Waals surface area contributed by atoms with Crippen LogP contribution in [0.3, 0.4) is 0 Å². The standard InChI is InChI=1S/C17H29N5O8/c1-7(2)4-11(17(29)30)22-16(28)10(6-13(24)25)21-15(27)9(5-12(19)23)20-14(26)8(3)18/h7-11H,4-6,18H2,1-3H3,(H2,19,23)(H,20,26)(H,21,27)(H,22,28)(H,24,25)(H,29,30). The van der Waals surface area contributed by atoms with Crippen LogP contribution in [-0.4, -0.2) is 69.9 Å². The number of primary amides is 1. The minimum atomic E-state index is -1.66. The van der Waals surface area contributed by atoms with Gasteiger partial charge in [-0.1, -0.05) is 13.8 Å². The predicted octanol–water partition coefficient (Wildman–Crippen LogP) is -2.73. The molecule has 0 saturated carbocycles. The van der Waals surface area contributed by atoms with Crippen molar-refractivity contribution in [1.29, 1.82) is 0 Å². The van der Waals surface area contributed by atoms with Crippen LogP contribution in [0.4, 0.5) is 0 Å². The SMILES string of the molecule is CC(C)CC(NC(=O)C(CC(=O)O)NC(=O)C(CC(N)=O)NC(=O)C(C)N)C(=O)O. The molecule has 0 spiro atoms. The van der Waals surface area contributed by atoms with Crippen LogP contribution in [0, 0.1) is 5.92 Å². The summed E-state index contributed by atoms with van der Waals surface area (Å²) in [6, 6.07) is -5.48. The zero-order valence-electron chi connectivity index (χ0n) is 17.0. The van der Waals surface area contributed by atoms with E-state index < -0.39 is 72.6 Å². The number of nitrogens with two attached hydrogens (primary N) is 2. The summed E-state index contributed by atoms with van der Waals surface area (Å²) in [5.74, 6) is -6.69. The van der Waals surface area contributed by atoms with Gasteiger partial charge < -0.3 is 37.6 Å². The fourth-order valence-electron chi connectivity index (χ4n) is 2.34. The number of carbonyl (C=O) groups is 6. The molecule has 13 heteroatoms. The van der Waals surface area contributed by atoms with Crippen LogP contribution < -0.4 is 27.4 Å². The second-order valence-corrected chi connectivity index (χ2v) is 7.21. The summed E-state index contributed by atoms with van der Waals surface area (Å²) in [4.78, 5) is 70.3. The van der Waals surface area contributed by atoms with E-state index in [1.54, 1.807) is 13.8 Å². The Morgan fingerprint density at radius 2 is 1.20 bits per heavy atom. The number of amides is 4. The Balaban J connectivity index is 5.48. The second-order valence-electron chi connectivity index (χ2n) is 7.21. The van der Waals surface area contributed by atoms with Crippen LogP contribution >= 0.6 is 0 Å². The smallest absolute Gasteiger partial charge is 0.326 e. The minimum Gasteiger partial charge on any atom is -0.481 e. The van der Waals surface area contributed by atoms with E-state index in [9.17, 15) is 33.9 Å². The molecule has 0 aliphatic carbocycles. The molecule has 0 aromatic heterocycles. The van der Waals surface area contributed by atoms with E-state index in [1.807, 2.05) is 0 Å². The molecule has 13 nitrogen and oxygen atoms in total. The third-order valence-corrected chi connectivity index (χ3v) is 3.79. The molecule has 9 N–H and O–H groups in total. The average molecular weight is 431 g/mol. The van der Waals surface area contributed by atoms with E-state index in [2.05, 4.69) is 16.0 Å². The van der Waals surface area contributed by atoms with E-state index in [-0.39, 0.29) is 12.3 Å². The molecule has 0 aliphatic rings. The normalized spacial score (nSPS) is 14.7. The maximum atomic E-state index is 12.5. The van der Waals surface area contributed by atoms with Crippen molar-refractivity contribution in [1.82, 2.24) is 16.0 Å². The Bertz CT molecular complexity index is 679. The van der Waals surface area contributed by atoms with E-state index in [1.165, 1.54) is 6.92 Å². The highest BCUT2D eigenvalue weighted by Gasteiger charge is 2.32. The van der Waals surface area contributed by atoms with Crippen molar-refractivity contribution in [3.63, 3.8) is 0 Å². The van der Waals surface area contributed by atoms with Crippen molar-refractivity contribution < 1.29 is 39.0 Å². The van der Waals surface area contributed by atoms with Gasteiger partial charge in [0.05, 0.1) is 18.9 Å². The first-order chi connectivity index (χ1) is 13.7. The molecule has 0 aliphatic heterocycles. The molecule has 0 saturated heterocycles. The Morgan fingerprint density at radius 3 is 1.57 bits per heavy atom. The Labute approximate surface area is 172 Å². The van der Waals surface area contributed by atoms with Crippen molar-refractivity contribution in [3.05, 3.63) is 0 Å². The number of rotatable bonds is 13.